The van der Waals surface area contributed by atoms with Crippen LogP contribution in [0.25, 0.3) is 22.4 Å². The summed E-state index contributed by atoms with van der Waals surface area (Å²) in [7, 11) is 0. The summed E-state index contributed by atoms with van der Waals surface area (Å²) in [6.45, 7) is 2.56. The standard InChI is InChI=1S/C18H21N5/c1-11-7-15-17(22-9-11)16(20)18(23(15)13-3-2-4-13)14-6-5-12(8-19)10-21-14/h5-7,9-10,13H,2-4,8,19-20H2,1H3. The topological polar surface area (TPSA) is 82.8 Å². The first-order chi connectivity index (χ1) is 11.2. The minimum absolute atomic E-state index is 0.490. The maximum Gasteiger partial charge on any atom is 0.112 e. The van der Waals surface area contributed by atoms with Crippen LogP contribution >= 0.6 is 0 Å². The summed E-state index contributed by atoms with van der Waals surface area (Å²) in [5, 5.41) is 0. The van der Waals surface area contributed by atoms with E-state index in [4.69, 9.17) is 11.5 Å². The number of aryl methyl sites for hydroxylation is 1. The van der Waals surface area contributed by atoms with Crippen LogP contribution in [-0.2, 0) is 6.54 Å². The van der Waals surface area contributed by atoms with Crippen molar-refractivity contribution in [1.29, 1.82) is 0 Å². The Morgan fingerprint density at radius 1 is 1.22 bits per heavy atom. The highest BCUT2D eigenvalue weighted by Gasteiger charge is 2.27. The third-order valence-corrected chi connectivity index (χ3v) is 4.76. The molecule has 5 nitrogen and oxygen atoms in total. The van der Waals surface area contributed by atoms with E-state index in [-0.39, 0.29) is 0 Å². The van der Waals surface area contributed by atoms with Crippen molar-refractivity contribution in [2.24, 2.45) is 5.73 Å². The van der Waals surface area contributed by atoms with Gasteiger partial charge in [-0.2, -0.15) is 0 Å². The van der Waals surface area contributed by atoms with Gasteiger partial charge in [0.05, 0.1) is 22.6 Å². The largest absolute Gasteiger partial charge is 0.395 e. The van der Waals surface area contributed by atoms with Crippen LogP contribution in [0, 0.1) is 6.92 Å². The molecule has 1 saturated carbocycles. The molecular weight excluding hydrogens is 286 g/mol. The van der Waals surface area contributed by atoms with Crippen molar-refractivity contribution in [3.05, 3.63) is 41.7 Å². The molecule has 1 aliphatic carbocycles. The number of nitrogens with two attached hydrogens (primary N) is 2. The van der Waals surface area contributed by atoms with Crippen LogP contribution < -0.4 is 11.5 Å². The van der Waals surface area contributed by atoms with E-state index in [0.29, 0.717) is 12.6 Å². The molecule has 1 fully saturated rings. The second kappa shape index (κ2) is 5.35. The molecule has 118 valence electrons. The molecule has 0 atom stereocenters. The van der Waals surface area contributed by atoms with Crippen LogP contribution in [0.3, 0.4) is 0 Å². The van der Waals surface area contributed by atoms with Gasteiger partial charge in [-0.05, 0) is 49.4 Å². The Morgan fingerprint density at radius 2 is 2.04 bits per heavy atom. The molecule has 1 aliphatic rings. The highest BCUT2D eigenvalue weighted by molar-refractivity contribution is 5.98. The molecule has 4 N–H and O–H groups in total. The number of anilines is 1. The van der Waals surface area contributed by atoms with Gasteiger partial charge in [0.25, 0.3) is 0 Å². The van der Waals surface area contributed by atoms with Gasteiger partial charge in [-0.25, -0.2) is 0 Å². The summed E-state index contributed by atoms with van der Waals surface area (Å²) in [5.74, 6) is 0. The molecule has 0 amide bonds. The van der Waals surface area contributed by atoms with E-state index in [0.717, 1.165) is 39.2 Å². The number of pyridine rings is 2. The molecule has 0 spiro atoms. The fourth-order valence-corrected chi connectivity index (χ4v) is 3.28. The zero-order valence-electron chi connectivity index (χ0n) is 13.3. The SMILES string of the molecule is Cc1cnc2c(N)c(-c3ccc(CN)cn3)n(C3CCC3)c2c1. The smallest absolute Gasteiger partial charge is 0.112 e. The molecule has 0 aliphatic heterocycles. The van der Waals surface area contributed by atoms with E-state index in [1.165, 1.54) is 19.3 Å². The van der Waals surface area contributed by atoms with E-state index in [9.17, 15) is 0 Å². The lowest BCUT2D eigenvalue weighted by Crippen LogP contribution is -2.18. The zero-order valence-corrected chi connectivity index (χ0v) is 13.3. The van der Waals surface area contributed by atoms with Crippen LogP contribution in [0.5, 0.6) is 0 Å². The van der Waals surface area contributed by atoms with Crippen LogP contribution in [-0.4, -0.2) is 14.5 Å². The average Bonchev–Trinajstić information content (AvgIpc) is 2.78. The Morgan fingerprint density at radius 3 is 2.65 bits per heavy atom. The number of aromatic nitrogens is 3. The Balaban J connectivity index is 1.98. The Hall–Kier alpha value is -2.40. The lowest BCUT2D eigenvalue weighted by molar-refractivity contribution is 0.324. The number of fused-ring (bicyclic) bond motifs is 1. The van der Waals surface area contributed by atoms with Crippen molar-refractivity contribution in [2.75, 3.05) is 5.73 Å². The van der Waals surface area contributed by atoms with Crippen molar-refractivity contribution < 1.29 is 0 Å². The molecular formula is C18H21N5. The summed E-state index contributed by atoms with van der Waals surface area (Å²) in [6.07, 6.45) is 7.34. The van der Waals surface area contributed by atoms with Crippen molar-refractivity contribution >= 4 is 16.7 Å². The number of rotatable bonds is 3. The third-order valence-electron chi connectivity index (χ3n) is 4.76. The summed E-state index contributed by atoms with van der Waals surface area (Å²) >= 11 is 0. The van der Waals surface area contributed by atoms with Crippen LogP contribution in [0.15, 0.2) is 30.6 Å². The van der Waals surface area contributed by atoms with E-state index in [2.05, 4.69) is 27.5 Å². The first-order valence-corrected chi connectivity index (χ1v) is 8.10. The number of nitrogen functional groups attached to an aromatic ring is 1. The van der Waals surface area contributed by atoms with Gasteiger partial charge in [-0.1, -0.05) is 6.07 Å². The Kier molecular flexibility index (Phi) is 3.31. The van der Waals surface area contributed by atoms with Crippen molar-refractivity contribution in [3.63, 3.8) is 0 Å². The summed E-state index contributed by atoms with van der Waals surface area (Å²) in [6, 6.07) is 6.69. The van der Waals surface area contributed by atoms with Crippen molar-refractivity contribution in [3.8, 4) is 11.4 Å². The molecule has 3 aromatic heterocycles. The molecule has 0 aromatic carbocycles. The molecule has 0 radical (unpaired) electrons. The second-order valence-electron chi connectivity index (χ2n) is 6.35. The quantitative estimate of drug-likeness (QED) is 0.778. The van der Waals surface area contributed by atoms with Gasteiger partial charge in [-0.3, -0.25) is 9.97 Å². The number of hydrogen-bond acceptors (Lipinski definition) is 4. The monoisotopic (exact) mass is 307 g/mol. The van der Waals surface area contributed by atoms with Gasteiger partial charge in [0.1, 0.15) is 5.52 Å². The van der Waals surface area contributed by atoms with E-state index < -0.39 is 0 Å². The fourth-order valence-electron chi connectivity index (χ4n) is 3.28. The van der Waals surface area contributed by atoms with E-state index in [1.807, 2.05) is 24.5 Å². The third kappa shape index (κ3) is 2.19. The van der Waals surface area contributed by atoms with Gasteiger partial charge >= 0.3 is 0 Å². The first-order valence-electron chi connectivity index (χ1n) is 8.10. The van der Waals surface area contributed by atoms with Gasteiger partial charge < -0.3 is 16.0 Å². The van der Waals surface area contributed by atoms with Crippen LogP contribution in [0.4, 0.5) is 5.69 Å². The molecule has 3 aromatic rings. The Bertz CT molecular complexity index is 859. The minimum Gasteiger partial charge on any atom is -0.395 e. The van der Waals surface area contributed by atoms with Crippen molar-refractivity contribution in [1.82, 2.24) is 14.5 Å². The van der Waals surface area contributed by atoms with Gasteiger partial charge in [0, 0.05) is 25.0 Å². The second-order valence-corrected chi connectivity index (χ2v) is 6.35. The van der Waals surface area contributed by atoms with Gasteiger partial charge in [0.15, 0.2) is 0 Å². The maximum absolute atomic E-state index is 6.46. The average molecular weight is 307 g/mol. The number of hydrogen-bond donors (Lipinski definition) is 2. The first kappa shape index (κ1) is 14.2. The fraction of sp³-hybridized carbons (Fsp3) is 0.333. The highest BCUT2D eigenvalue weighted by Crippen LogP contribution is 2.42. The molecule has 23 heavy (non-hydrogen) atoms. The lowest BCUT2D eigenvalue weighted by atomic mass is 9.92. The zero-order chi connectivity index (χ0) is 16.0. The molecule has 5 heteroatoms. The predicted octanol–water partition coefficient (Wildman–Crippen LogP) is 3.17. The van der Waals surface area contributed by atoms with E-state index in [1.54, 1.807) is 0 Å². The van der Waals surface area contributed by atoms with Crippen LogP contribution in [0.1, 0.15) is 36.4 Å². The highest BCUT2D eigenvalue weighted by atomic mass is 15.1. The molecule has 0 bridgehead atoms. The van der Waals surface area contributed by atoms with E-state index >= 15 is 0 Å². The normalized spacial score (nSPS) is 15.0. The lowest BCUT2D eigenvalue weighted by Gasteiger charge is -2.30. The summed E-state index contributed by atoms with van der Waals surface area (Å²) < 4.78 is 2.35. The molecule has 0 unspecified atom stereocenters. The molecule has 3 heterocycles. The Labute approximate surface area is 135 Å². The van der Waals surface area contributed by atoms with Gasteiger partial charge in [0.2, 0.25) is 0 Å². The number of nitrogens with zero attached hydrogens (tertiary/aromatic N) is 3. The predicted molar refractivity (Wildman–Crippen MR) is 92.9 cm³/mol. The molecule has 0 saturated heterocycles. The van der Waals surface area contributed by atoms with Gasteiger partial charge in [-0.15, -0.1) is 0 Å². The summed E-state index contributed by atoms with van der Waals surface area (Å²) in [5.41, 5.74) is 18.9. The maximum atomic E-state index is 6.46. The van der Waals surface area contributed by atoms with Crippen molar-refractivity contribution in [2.45, 2.75) is 38.8 Å². The summed E-state index contributed by atoms with van der Waals surface area (Å²) in [4.78, 5) is 9.16. The van der Waals surface area contributed by atoms with Crippen LogP contribution in [0.2, 0.25) is 0 Å². The minimum atomic E-state index is 0.490. The molecule has 4 rings (SSSR count).